The quantitative estimate of drug-likeness (QED) is 0.268. The maximum atomic E-state index is 13.8. The first kappa shape index (κ1) is 29.6. The monoisotopic (exact) mass is 572 g/mol. The van der Waals surface area contributed by atoms with Crippen molar-refractivity contribution in [2.45, 2.75) is 44.3 Å². The summed E-state index contributed by atoms with van der Waals surface area (Å²) in [6.07, 6.45) is 0. The minimum absolute atomic E-state index is 0.00837. The summed E-state index contributed by atoms with van der Waals surface area (Å²) in [5, 5.41) is 14.4. The van der Waals surface area contributed by atoms with Gasteiger partial charge in [0.05, 0.1) is 15.5 Å². The Morgan fingerprint density at radius 3 is 2.18 bits per heavy atom. The molecule has 0 radical (unpaired) electrons. The molecule has 2 amide bonds. The number of non-ortho nitro benzene ring substituents is 1. The van der Waals surface area contributed by atoms with Gasteiger partial charge in [0.15, 0.2) is 0 Å². The number of sulfonamides is 1. The fourth-order valence-electron chi connectivity index (χ4n) is 3.81. The molecule has 0 saturated heterocycles. The van der Waals surface area contributed by atoms with Gasteiger partial charge < -0.3 is 10.2 Å². The van der Waals surface area contributed by atoms with Crippen molar-refractivity contribution in [2.24, 2.45) is 0 Å². The summed E-state index contributed by atoms with van der Waals surface area (Å²) in [5.41, 5.74) is 0.469. The van der Waals surface area contributed by atoms with E-state index >= 15 is 0 Å². The highest BCUT2D eigenvalue weighted by Gasteiger charge is 2.32. The van der Waals surface area contributed by atoms with Crippen molar-refractivity contribution < 1.29 is 22.9 Å². The van der Waals surface area contributed by atoms with E-state index in [1.807, 2.05) is 0 Å². The van der Waals surface area contributed by atoms with Crippen LogP contribution in [-0.2, 0) is 26.2 Å². The molecule has 3 rings (SSSR count). The predicted octanol–water partition coefficient (Wildman–Crippen LogP) is 4.39. The summed E-state index contributed by atoms with van der Waals surface area (Å²) in [6, 6.07) is 18.0. The van der Waals surface area contributed by atoms with E-state index in [-0.39, 0.29) is 28.9 Å². The van der Waals surface area contributed by atoms with Gasteiger partial charge in [-0.3, -0.25) is 24.0 Å². The Labute approximate surface area is 232 Å². The molecule has 0 aliphatic heterocycles. The van der Waals surface area contributed by atoms with E-state index in [1.165, 1.54) is 29.2 Å². The summed E-state index contributed by atoms with van der Waals surface area (Å²) in [6.45, 7) is 4.47. The second-order valence-corrected chi connectivity index (χ2v) is 11.4. The summed E-state index contributed by atoms with van der Waals surface area (Å²) in [5.74, 6) is -1.06. The zero-order chi connectivity index (χ0) is 28.7. The Hall–Kier alpha value is -3.96. The fraction of sp³-hybridized carbons (Fsp3) is 0.259. The number of hydrogen-bond donors (Lipinski definition) is 1. The topological polar surface area (TPSA) is 130 Å². The fourth-order valence-corrected chi connectivity index (χ4v) is 5.46. The highest BCUT2D eigenvalue weighted by Crippen LogP contribution is 2.26. The van der Waals surface area contributed by atoms with Gasteiger partial charge in [0.2, 0.25) is 11.8 Å². The molecule has 0 unspecified atom stereocenters. The van der Waals surface area contributed by atoms with Crippen LogP contribution >= 0.6 is 11.6 Å². The second kappa shape index (κ2) is 12.7. The molecule has 0 bridgehead atoms. The Morgan fingerprint density at radius 2 is 1.62 bits per heavy atom. The average Bonchev–Trinajstić information content (AvgIpc) is 2.90. The number of nitro groups is 1. The van der Waals surface area contributed by atoms with E-state index < -0.39 is 39.3 Å². The highest BCUT2D eigenvalue weighted by molar-refractivity contribution is 7.92. The van der Waals surface area contributed by atoms with Gasteiger partial charge in [-0.05, 0) is 62.7 Å². The molecule has 3 aromatic carbocycles. The number of nitrogens with zero attached hydrogens (tertiary/aromatic N) is 3. The Kier molecular flexibility index (Phi) is 9.66. The summed E-state index contributed by atoms with van der Waals surface area (Å²) < 4.78 is 28.3. The molecule has 0 heterocycles. The normalized spacial score (nSPS) is 12.0. The maximum Gasteiger partial charge on any atom is 0.269 e. The first-order valence-corrected chi connectivity index (χ1v) is 13.9. The number of carbonyl (C=O) groups is 2. The molecule has 12 heteroatoms. The molecule has 1 N–H and O–H groups in total. The molecule has 0 aliphatic carbocycles. The van der Waals surface area contributed by atoms with Crippen molar-refractivity contribution in [1.29, 1.82) is 0 Å². The SMILES string of the molecule is CC(C)NC(=O)[C@H](C)N(Cc1cccc(Cl)c1)C(=O)CN(c1ccc([N+](=O)[O-])cc1)S(=O)(=O)c1ccccc1. The van der Waals surface area contributed by atoms with Crippen LogP contribution in [0.15, 0.2) is 83.8 Å². The largest absolute Gasteiger partial charge is 0.352 e. The van der Waals surface area contributed by atoms with Crippen LogP contribution < -0.4 is 9.62 Å². The van der Waals surface area contributed by atoms with Crippen LogP contribution in [0.4, 0.5) is 11.4 Å². The van der Waals surface area contributed by atoms with Gasteiger partial charge >= 0.3 is 0 Å². The minimum atomic E-state index is -4.27. The van der Waals surface area contributed by atoms with Crippen molar-refractivity contribution in [3.63, 3.8) is 0 Å². The van der Waals surface area contributed by atoms with Crippen LogP contribution in [0.25, 0.3) is 0 Å². The van der Waals surface area contributed by atoms with Gasteiger partial charge in [0, 0.05) is 29.7 Å². The lowest BCUT2D eigenvalue weighted by molar-refractivity contribution is -0.384. The third-order valence-electron chi connectivity index (χ3n) is 5.80. The smallest absolute Gasteiger partial charge is 0.269 e. The molecule has 3 aromatic rings. The number of benzene rings is 3. The summed E-state index contributed by atoms with van der Waals surface area (Å²) in [4.78, 5) is 38.5. The lowest BCUT2D eigenvalue weighted by Gasteiger charge is -2.32. The summed E-state index contributed by atoms with van der Waals surface area (Å²) >= 11 is 6.13. The standard InChI is InChI=1S/C27H29ClN4O6S/c1-19(2)29-27(34)20(3)30(17-21-8-7-9-22(28)16-21)26(33)18-31(23-12-14-24(15-13-23)32(35)36)39(37,38)25-10-5-4-6-11-25/h4-16,19-20H,17-18H2,1-3H3,(H,29,34)/t20-/m0/s1. The van der Waals surface area contributed by atoms with Gasteiger partial charge in [-0.15, -0.1) is 0 Å². The molecule has 0 aromatic heterocycles. The number of carbonyl (C=O) groups excluding carboxylic acids is 2. The van der Waals surface area contributed by atoms with Crippen LogP contribution in [0.3, 0.4) is 0 Å². The van der Waals surface area contributed by atoms with E-state index in [1.54, 1.807) is 63.2 Å². The second-order valence-electron chi connectivity index (χ2n) is 9.09. The molecular weight excluding hydrogens is 544 g/mol. The van der Waals surface area contributed by atoms with E-state index in [0.717, 1.165) is 16.4 Å². The lowest BCUT2D eigenvalue weighted by atomic mass is 10.1. The van der Waals surface area contributed by atoms with Crippen molar-refractivity contribution in [1.82, 2.24) is 10.2 Å². The average molecular weight is 573 g/mol. The van der Waals surface area contributed by atoms with Gasteiger partial charge in [0.1, 0.15) is 12.6 Å². The number of amides is 2. The number of nitro benzene ring substituents is 1. The van der Waals surface area contributed by atoms with Crippen LogP contribution in [0.1, 0.15) is 26.3 Å². The Bertz CT molecular complexity index is 1430. The van der Waals surface area contributed by atoms with Crippen molar-refractivity contribution in [3.8, 4) is 0 Å². The van der Waals surface area contributed by atoms with E-state index in [2.05, 4.69) is 5.32 Å². The number of rotatable bonds is 11. The van der Waals surface area contributed by atoms with Crippen molar-refractivity contribution >= 4 is 44.8 Å². The number of hydrogen-bond acceptors (Lipinski definition) is 6. The van der Waals surface area contributed by atoms with Crippen LogP contribution in [0.2, 0.25) is 5.02 Å². The van der Waals surface area contributed by atoms with Gasteiger partial charge in [0.25, 0.3) is 15.7 Å². The highest BCUT2D eigenvalue weighted by atomic mass is 35.5. The predicted molar refractivity (Wildman–Crippen MR) is 149 cm³/mol. The van der Waals surface area contributed by atoms with Crippen LogP contribution in [-0.4, -0.2) is 48.7 Å². The molecular formula is C27H29ClN4O6S. The van der Waals surface area contributed by atoms with E-state index in [9.17, 15) is 28.1 Å². The third-order valence-corrected chi connectivity index (χ3v) is 7.82. The number of halogens is 1. The molecule has 0 spiro atoms. The minimum Gasteiger partial charge on any atom is -0.352 e. The Morgan fingerprint density at radius 1 is 0.974 bits per heavy atom. The number of anilines is 1. The molecule has 0 aliphatic rings. The Balaban J connectivity index is 2.04. The van der Waals surface area contributed by atoms with Crippen LogP contribution in [0, 0.1) is 10.1 Å². The number of nitrogens with one attached hydrogen (secondary N) is 1. The molecule has 206 valence electrons. The maximum absolute atomic E-state index is 13.8. The van der Waals surface area contributed by atoms with Gasteiger partial charge in [-0.2, -0.15) is 0 Å². The lowest BCUT2D eigenvalue weighted by Crippen LogP contribution is -2.52. The third kappa shape index (κ3) is 7.55. The summed E-state index contributed by atoms with van der Waals surface area (Å²) in [7, 11) is -4.27. The molecule has 10 nitrogen and oxygen atoms in total. The van der Waals surface area contributed by atoms with Gasteiger partial charge in [-0.25, -0.2) is 8.42 Å². The van der Waals surface area contributed by atoms with E-state index in [4.69, 9.17) is 11.6 Å². The first-order valence-electron chi connectivity index (χ1n) is 12.1. The molecule has 0 fully saturated rings. The first-order chi connectivity index (χ1) is 18.4. The molecule has 1 atom stereocenters. The van der Waals surface area contributed by atoms with Crippen molar-refractivity contribution in [2.75, 3.05) is 10.8 Å². The van der Waals surface area contributed by atoms with E-state index in [0.29, 0.717) is 10.6 Å². The molecule has 0 saturated carbocycles. The zero-order valence-electron chi connectivity index (χ0n) is 21.7. The molecule has 39 heavy (non-hydrogen) atoms. The van der Waals surface area contributed by atoms with Gasteiger partial charge in [-0.1, -0.05) is 41.9 Å². The van der Waals surface area contributed by atoms with Crippen molar-refractivity contribution in [3.05, 3.63) is 99.6 Å². The van der Waals surface area contributed by atoms with Crippen LogP contribution in [0.5, 0.6) is 0 Å². The zero-order valence-corrected chi connectivity index (χ0v) is 23.2.